The quantitative estimate of drug-likeness (QED) is 0.318. The van der Waals surface area contributed by atoms with Gasteiger partial charge in [-0.25, -0.2) is 0 Å². The summed E-state index contributed by atoms with van der Waals surface area (Å²) < 4.78 is 0. The lowest BCUT2D eigenvalue weighted by Crippen LogP contribution is -2.25. The molecule has 2 aromatic heterocycles. The fourth-order valence-electron chi connectivity index (χ4n) is 3.75. The van der Waals surface area contributed by atoms with Gasteiger partial charge in [0, 0.05) is 28.9 Å². The Kier molecular flexibility index (Phi) is 5.69. The molecule has 1 aliphatic heterocycles. The van der Waals surface area contributed by atoms with E-state index < -0.39 is 6.23 Å². The summed E-state index contributed by atoms with van der Waals surface area (Å²) in [5, 5.41) is 38.0. The summed E-state index contributed by atoms with van der Waals surface area (Å²) in [7, 11) is 0. The average Bonchev–Trinajstić information content (AvgIpc) is 3.19. The minimum atomic E-state index is -1.02. The van der Waals surface area contributed by atoms with E-state index in [0.29, 0.717) is 27.3 Å². The molecule has 7 heteroatoms. The summed E-state index contributed by atoms with van der Waals surface area (Å²) >= 11 is 1.38. The van der Waals surface area contributed by atoms with Crippen molar-refractivity contribution in [2.45, 2.75) is 6.23 Å². The third kappa shape index (κ3) is 3.65. The maximum atomic E-state index is 11.1. The van der Waals surface area contributed by atoms with Crippen LogP contribution in [0.4, 0.5) is 5.00 Å². The van der Waals surface area contributed by atoms with Gasteiger partial charge in [0.2, 0.25) is 0 Å². The minimum absolute atomic E-state index is 0. The Morgan fingerprint density at radius 3 is 2.29 bits per heavy atom. The molecule has 0 bridgehead atoms. The van der Waals surface area contributed by atoms with E-state index in [-0.39, 0.29) is 23.9 Å². The zero-order valence-electron chi connectivity index (χ0n) is 16.2. The summed E-state index contributed by atoms with van der Waals surface area (Å²) in [4.78, 5) is 4.02. The fraction of sp³-hybridized carbons (Fsp3) is 0.0417. The number of pyridine rings is 1. The van der Waals surface area contributed by atoms with Gasteiger partial charge in [0.15, 0.2) is 6.23 Å². The summed E-state index contributed by atoms with van der Waals surface area (Å²) in [6.45, 7) is 0. The van der Waals surface area contributed by atoms with Gasteiger partial charge in [-0.3, -0.25) is 4.98 Å². The van der Waals surface area contributed by atoms with Crippen LogP contribution in [-0.4, -0.2) is 26.5 Å². The van der Waals surface area contributed by atoms with Crippen LogP contribution in [0.15, 0.2) is 78.4 Å². The van der Waals surface area contributed by atoms with Gasteiger partial charge in [-0.05, 0) is 41.0 Å². The number of aliphatic hydroxyl groups is 2. The van der Waals surface area contributed by atoms with Crippen LogP contribution in [0.1, 0.15) is 11.1 Å². The smallest absolute Gasteiger partial charge is 0.155 e. The summed E-state index contributed by atoms with van der Waals surface area (Å²) in [6.07, 6.45) is 2.40. The second kappa shape index (κ2) is 8.43. The van der Waals surface area contributed by atoms with Crippen molar-refractivity contribution in [1.82, 2.24) is 4.98 Å². The predicted octanol–water partition coefficient (Wildman–Crippen LogP) is 5.77. The van der Waals surface area contributed by atoms with Crippen molar-refractivity contribution < 1.29 is 15.3 Å². The molecule has 4 aromatic rings. The number of thiophene rings is 1. The molecule has 0 aliphatic carbocycles. The fourth-order valence-corrected chi connectivity index (χ4v) is 4.74. The highest BCUT2D eigenvalue weighted by Gasteiger charge is 2.30. The first-order valence-electron chi connectivity index (χ1n) is 9.42. The molecule has 0 spiro atoms. The Hall–Kier alpha value is -3.32. The number of fused-ring (bicyclic) bond motifs is 1. The number of anilines is 1. The summed E-state index contributed by atoms with van der Waals surface area (Å²) in [5.74, 6) is 0.126. The molecule has 5 nitrogen and oxygen atoms in total. The normalized spacial score (nSPS) is 15.1. The molecule has 0 amide bonds. The number of benzene rings is 2. The minimum Gasteiger partial charge on any atom is -0.507 e. The second-order valence-corrected chi connectivity index (χ2v) is 7.88. The lowest BCUT2D eigenvalue weighted by molar-refractivity contribution is 0.259. The van der Waals surface area contributed by atoms with Crippen LogP contribution >= 0.6 is 23.7 Å². The second-order valence-electron chi connectivity index (χ2n) is 7.00. The monoisotopic (exact) mass is 450 g/mol. The van der Waals surface area contributed by atoms with E-state index in [1.807, 2.05) is 60.0 Å². The van der Waals surface area contributed by atoms with Crippen molar-refractivity contribution >= 4 is 40.1 Å². The molecule has 1 atom stereocenters. The molecule has 156 valence electrons. The number of halogens is 1. The van der Waals surface area contributed by atoms with Crippen molar-refractivity contribution in [3.63, 3.8) is 0 Å². The molecule has 0 radical (unpaired) electrons. The third-order valence-electron chi connectivity index (χ3n) is 5.21. The summed E-state index contributed by atoms with van der Waals surface area (Å²) in [5.41, 5.74) is 4.88. The molecular weight excluding hydrogens is 432 g/mol. The largest absolute Gasteiger partial charge is 0.507 e. The molecule has 0 saturated heterocycles. The molecule has 1 aliphatic rings. The first-order valence-corrected chi connectivity index (χ1v) is 10.3. The van der Waals surface area contributed by atoms with Gasteiger partial charge in [0.1, 0.15) is 16.5 Å². The van der Waals surface area contributed by atoms with Crippen molar-refractivity contribution in [3.05, 3.63) is 89.6 Å². The Labute approximate surface area is 189 Å². The number of hydrogen-bond acceptors (Lipinski definition) is 6. The predicted molar refractivity (Wildman–Crippen MR) is 127 cm³/mol. The first-order chi connectivity index (χ1) is 14.6. The van der Waals surface area contributed by atoms with E-state index in [4.69, 9.17) is 0 Å². The van der Waals surface area contributed by atoms with Crippen LogP contribution in [0.25, 0.3) is 33.6 Å². The Bertz CT molecular complexity index is 1260. The van der Waals surface area contributed by atoms with Gasteiger partial charge in [-0.2, -0.15) is 0 Å². The maximum Gasteiger partial charge on any atom is 0.155 e. The molecular formula is C24H19ClN2O3S. The van der Waals surface area contributed by atoms with Crippen LogP contribution in [-0.2, 0) is 0 Å². The van der Waals surface area contributed by atoms with Crippen molar-refractivity contribution in [1.29, 1.82) is 0 Å². The van der Waals surface area contributed by atoms with E-state index in [2.05, 4.69) is 10.3 Å². The number of aliphatic hydroxyl groups excluding tert-OH is 2. The van der Waals surface area contributed by atoms with Crippen molar-refractivity contribution in [2.75, 3.05) is 5.32 Å². The van der Waals surface area contributed by atoms with Gasteiger partial charge in [-0.1, -0.05) is 36.4 Å². The highest BCUT2D eigenvalue weighted by Crippen LogP contribution is 2.47. The number of phenolic OH excluding ortho intramolecular Hbond substituents is 1. The van der Waals surface area contributed by atoms with Crippen molar-refractivity contribution in [3.8, 4) is 28.0 Å². The number of aromatic nitrogens is 1. The lowest BCUT2D eigenvalue weighted by Gasteiger charge is -2.25. The Morgan fingerprint density at radius 1 is 0.839 bits per heavy atom. The number of phenols is 1. The topological polar surface area (TPSA) is 85.6 Å². The molecule has 31 heavy (non-hydrogen) atoms. The molecule has 1 unspecified atom stereocenters. The van der Waals surface area contributed by atoms with Gasteiger partial charge in [-0.15, -0.1) is 23.7 Å². The molecule has 4 N–H and O–H groups in total. The van der Waals surface area contributed by atoms with Crippen LogP contribution < -0.4 is 5.32 Å². The van der Waals surface area contributed by atoms with E-state index in [1.54, 1.807) is 18.5 Å². The first kappa shape index (κ1) is 20.9. The molecule has 0 fully saturated rings. The van der Waals surface area contributed by atoms with Crippen LogP contribution in [0.5, 0.6) is 5.75 Å². The SMILES string of the molecule is Cl.OC1=C(c2ccccc2)C(O)Nc2scc(-c3ccc(-c4ccncc4)cc3O)c21. The van der Waals surface area contributed by atoms with E-state index in [9.17, 15) is 15.3 Å². The number of nitrogens with one attached hydrogen (secondary N) is 1. The van der Waals surface area contributed by atoms with Gasteiger partial charge < -0.3 is 20.6 Å². The van der Waals surface area contributed by atoms with Gasteiger partial charge in [0.25, 0.3) is 0 Å². The van der Waals surface area contributed by atoms with Crippen LogP contribution in [0, 0.1) is 0 Å². The van der Waals surface area contributed by atoms with Gasteiger partial charge in [0.05, 0.1) is 11.1 Å². The van der Waals surface area contributed by atoms with Gasteiger partial charge >= 0.3 is 0 Å². The van der Waals surface area contributed by atoms with E-state index in [0.717, 1.165) is 16.7 Å². The maximum absolute atomic E-state index is 11.1. The number of rotatable bonds is 3. The third-order valence-corrected chi connectivity index (χ3v) is 6.12. The number of hydrogen-bond donors (Lipinski definition) is 4. The zero-order valence-corrected chi connectivity index (χ0v) is 17.8. The van der Waals surface area contributed by atoms with E-state index >= 15 is 0 Å². The van der Waals surface area contributed by atoms with Crippen molar-refractivity contribution in [2.24, 2.45) is 0 Å². The van der Waals surface area contributed by atoms with Crippen LogP contribution in [0.3, 0.4) is 0 Å². The zero-order chi connectivity index (χ0) is 20.7. The molecule has 5 rings (SSSR count). The standard InChI is InChI=1S/C24H18N2O3S.ClH/c27-19-12-16(14-8-10-25-11-9-14)6-7-17(19)18-13-30-24-21(18)22(28)20(23(29)26-24)15-4-2-1-3-5-15;/h1-13,23,26-29H;1H. The van der Waals surface area contributed by atoms with E-state index in [1.165, 1.54) is 11.3 Å². The summed E-state index contributed by atoms with van der Waals surface area (Å²) in [6, 6.07) is 18.5. The highest BCUT2D eigenvalue weighted by atomic mass is 35.5. The molecule has 3 heterocycles. The number of nitrogens with zero attached hydrogens (tertiary/aromatic N) is 1. The lowest BCUT2D eigenvalue weighted by atomic mass is 9.93. The van der Waals surface area contributed by atoms with Crippen LogP contribution in [0.2, 0.25) is 0 Å². The molecule has 0 saturated carbocycles. The number of aromatic hydroxyl groups is 1. The Balaban J connectivity index is 0.00000231. The average molecular weight is 451 g/mol. The molecule has 2 aromatic carbocycles. The Morgan fingerprint density at radius 2 is 1.58 bits per heavy atom. The highest BCUT2D eigenvalue weighted by molar-refractivity contribution is 7.15.